The van der Waals surface area contributed by atoms with Gasteiger partial charge in [-0.2, -0.15) is 0 Å². The number of aromatic nitrogens is 1. The van der Waals surface area contributed by atoms with E-state index in [9.17, 15) is 4.79 Å². The molecule has 0 fully saturated rings. The van der Waals surface area contributed by atoms with E-state index in [2.05, 4.69) is 4.98 Å². The fourth-order valence-corrected chi connectivity index (χ4v) is 2.48. The smallest absolute Gasteiger partial charge is 0.274 e. The minimum absolute atomic E-state index is 0.273. The number of methoxy groups -OCH3 is 1. The summed E-state index contributed by atoms with van der Waals surface area (Å²) in [4.78, 5) is 15.7. The van der Waals surface area contributed by atoms with Gasteiger partial charge in [0.2, 0.25) is 0 Å². The van der Waals surface area contributed by atoms with Gasteiger partial charge in [-0.05, 0) is 41.0 Å². The van der Waals surface area contributed by atoms with Gasteiger partial charge in [-0.1, -0.05) is 30.3 Å². The third-order valence-corrected chi connectivity index (χ3v) is 3.87. The molecule has 0 saturated carbocycles. The highest BCUT2D eigenvalue weighted by Gasteiger charge is 2.11. The van der Waals surface area contributed by atoms with Gasteiger partial charge in [0.1, 0.15) is 6.61 Å². The van der Waals surface area contributed by atoms with E-state index < -0.39 is 5.91 Å². The molecule has 3 rings (SSSR count). The van der Waals surface area contributed by atoms with Crippen molar-refractivity contribution in [2.24, 2.45) is 0 Å². The van der Waals surface area contributed by atoms with Crippen LogP contribution in [0.2, 0.25) is 0 Å². The maximum absolute atomic E-state index is 11.5. The quantitative estimate of drug-likeness (QED) is 0.526. The molecule has 0 aliphatic heterocycles. The Balaban J connectivity index is 1.73. The third kappa shape index (κ3) is 3.99. The summed E-state index contributed by atoms with van der Waals surface area (Å²) in [5.74, 6) is 0.315. The van der Waals surface area contributed by atoms with Crippen LogP contribution in [0.4, 0.5) is 0 Å². The van der Waals surface area contributed by atoms with Crippen molar-refractivity contribution in [3.63, 3.8) is 0 Å². The fraction of sp³-hybridized carbons (Fsp3) is 0.100. The minimum atomic E-state index is -0.613. The second kappa shape index (κ2) is 8.13. The Bertz CT molecular complexity index is 880. The van der Waals surface area contributed by atoms with E-state index >= 15 is 0 Å². The lowest BCUT2D eigenvalue weighted by Gasteiger charge is -2.12. The number of benzene rings is 2. The predicted octanol–water partition coefficient (Wildman–Crippen LogP) is 3.46. The number of carbonyl (C=O) groups is 1. The van der Waals surface area contributed by atoms with Gasteiger partial charge in [-0.3, -0.25) is 15.0 Å². The van der Waals surface area contributed by atoms with Crippen molar-refractivity contribution in [2.75, 3.05) is 7.11 Å². The summed E-state index contributed by atoms with van der Waals surface area (Å²) in [6.07, 6.45) is 3.55. The topological polar surface area (TPSA) is 80.7 Å². The van der Waals surface area contributed by atoms with Crippen molar-refractivity contribution in [3.8, 4) is 22.6 Å². The molecule has 0 unspecified atom stereocenters. The number of hydrogen-bond acceptors (Lipinski definition) is 5. The van der Waals surface area contributed by atoms with Gasteiger partial charge in [0.25, 0.3) is 5.91 Å². The van der Waals surface area contributed by atoms with E-state index in [0.717, 1.165) is 16.7 Å². The van der Waals surface area contributed by atoms with E-state index in [-0.39, 0.29) is 5.56 Å². The van der Waals surface area contributed by atoms with Crippen LogP contribution in [-0.2, 0) is 6.61 Å². The molecular weight excluding hydrogens is 332 g/mol. The predicted molar refractivity (Wildman–Crippen MR) is 96.3 cm³/mol. The van der Waals surface area contributed by atoms with Gasteiger partial charge in [-0.15, -0.1) is 0 Å². The molecular formula is C20H18N2O4. The van der Waals surface area contributed by atoms with Crippen LogP contribution in [0.25, 0.3) is 11.1 Å². The molecule has 1 heterocycles. The second-order valence-corrected chi connectivity index (χ2v) is 5.53. The van der Waals surface area contributed by atoms with Crippen LogP contribution in [0.1, 0.15) is 15.9 Å². The summed E-state index contributed by atoms with van der Waals surface area (Å²) in [6, 6.07) is 16.5. The lowest BCUT2D eigenvalue weighted by molar-refractivity contribution is 0.0706. The van der Waals surface area contributed by atoms with E-state index in [1.54, 1.807) is 23.8 Å². The Kier molecular flexibility index (Phi) is 5.46. The van der Waals surface area contributed by atoms with Crippen LogP contribution in [-0.4, -0.2) is 23.2 Å². The zero-order valence-corrected chi connectivity index (χ0v) is 14.2. The molecule has 0 aliphatic rings. The highest BCUT2D eigenvalue weighted by molar-refractivity contribution is 5.94. The standard InChI is InChI=1S/C20H18N2O4/c1-25-18-9-8-16(20(23)22-24)11-19(18)26-13-14-4-6-15(7-5-14)17-3-2-10-21-12-17/h2-12,24H,13H2,1H3,(H,22,23). The Hall–Kier alpha value is -3.38. The molecule has 0 bridgehead atoms. The Morgan fingerprint density at radius 3 is 2.54 bits per heavy atom. The molecule has 2 aromatic carbocycles. The third-order valence-electron chi connectivity index (χ3n) is 3.87. The number of amides is 1. The van der Waals surface area contributed by atoms with Crippen LogP contribution in [0.3, 0.4) is 0 Å². The summed E-state index contributed by atoms with van der Waals surface area (Å²) >= 11 is 0. The first-order valence-corrected chi connectivity index (χ1v) is 7.96. The molecule has 6 heteroatoms. The molecule has 132 valence electrons. The number of hydroxylamine groups is 1. The zero-order valence-electron chi connectivity index (χ0n) is 14.2. The van der Waals surface area contributed by atoms with Crippen LogP contribution >= 0.6 is 0 Å². The molecule has 0 saturated heterocycles. The van der Waals surface area contributed by atoms with Gasteiger partial charge in [0, 0.05) is 18.0 Å². The average molecular weight is 350 g/mol. The second-order valence-electron chi connectivity index (χ2n) is 5.53. The van der Waals surface area contributed by atoms with Crippen LogP contribution < -0.4 is 15.0 Å². The van der Waals surface area contributed by atoms with E-state index in [0.29, 0.717) is 18.1 Å². The fourth-order valence-electron chi connectivity index (χ4n) is 2.48. The summed E-state index contributed by atoms with van der Waals surface area (Å²) < 4.78 is 11.0. The lowest BCUT2D eigenvalue weighted by Crippen LogP contribution is -2.18. The summed E-state index contributed by atoms with van der Waals surface area (Å²) in [7, 11) is 1.52. The number of nitrogens with one attached hydrogen (secondary N) is 1. The van der Waals surface area contributed by atoms with Crippen molar-refractivity contribution in [3.05, 3.63) is 78.1 Å². The highest BCUT2D eigenvalue weighted by Crippen LogP contribution is 2.29. The minimum Gasteiger partial charge on any atom is -0.493 e. The van der Waals surface area contributed by atoms with Crippen molar-refractivity contribution in [1.82, 2.24) is 10.5 Å². The lowest BCUT2D eigenvalue weighted by atomic mass is 10.1. The molecule has 1 aromatic heterocycles. The molecule has 3 aromatic rings. The Labute approximate surface area is 151 Å². The van der Waals surface area contributed by atoms with Crippen molar-refractivity contribution < 1.29 is 19.5 Å². The number of hydrogen-bond donors (Lipinski definition) is 2. The van der Waals surface area contributed by atoms with Crippen LogP contribution in [0.5, 0.6) is 11.5 Å². The first kappa shape index (κ1) is 17.4. The molecule has 26 heavy (non-hydrogen) atoms. The van der Waals surface area contributed by atoms with Crippen LogP contribution in [0.15, 0.2) is 67.0 Å². The Morgan fingerprint density at radius 1 is 1.08 bits per heavy atom. The molecule has 0 spiro atoms. The molecule has 0 aliphatic carbocycles. The van der Waals surface area contributed by atoms with E-state index in [4.69, 9.17) is 14.7 Å². The molecule has 0 radical (unpaired) electrons. The van der Waals surface area contributed by atoms with Gasteiger partial charge < -0.3 is 9.47 Å². The van der Waals surface area contributed by atoms with Gasteiger partial charge in [0.05, 0.1) is 7.11 Å². The average Bonchev–Trinajstić information content (AvgIpc) is 2.72. The Morgan fingerprint density at radius 2 is 1.88 bits per heavy atom. The largest absolute Gasteiger partial charge is 0.493 e. The number of carbonyl (C=O) groups excluding carboxylic acids is 1. The molecule has 2 N–H and O–H groups in total. The SMILES string of the molecule is COc1ccc(C(=O)NO)cc1OCc1ccc(-c2cccnc2)cc1. The number of ether oxygens (including phenoxy) is 2. The van der Waals surface area contributed by atoms with Crippen LogP contribution in [0, 0.1) is 0 Å². The maximum Gasteiger partial charge on any atom is 0.274 e. The normalized spacial score (nSPS) is 10.2. The van der Waals surface area contributed by atoms with Crippen molar-refractivity contribution in [1.29, 1.82) is 0 Å². The molecule has 6 nitrogen and oxygen atoms in total. The molecule has 0 atom stereocenters. The first-order chi connectivity index (χ1) is 12.7. The van der Waals surface area contributed by atoms with Crippen molar-refractivity contribution in [2.45, 2.75) is 6.61 Å². The summed E-state index contributed by atoms with van der Waals surface area (Å²) in [5, 5.41) is 8.76. The van der Waals surface area contributed by atoms with Gasteiger partial charge >= 0.3 is 0 Å². The highest BCUT2D eigenvalue weighted by atomic mass is 16.5. The monoisotopic (exact) mass is 350 g/mol. The van der Waals surface area contributed by atoms with E-state index in [1.165, 1.54) is 13.2 Å². The van der Waals surface area contributed by atoms with E-state index in [1.807, 2.05) is 42.6 Å². The summed E-state index contributed by atoms with van der Waals surface area (Å²) in [5.41, 5.74) is 4.96. The number of rotatable bonds is 6. The maximum atomic E-state index is 11.5. The number of pyridine rings is 1. The van der Waals surface area contributed by atoms with Gasteiger partial charge in [0.15, 0.2) is 11.5 Å². The van der Waals surface area contributed by atoms with Gasteiger partial charge in [-0.25, -0.2) is 5.48 Å². The zero-order chi connectivity index (χ0) is 18.4. The first-order valence-electron chi connectivity index (χ1n) is 7.96. The summed E-state index contributed by atoms with van der Waals surface area (Å²) in [6.45, 7) is 0.313. The number of nitrogens with zero attached hydrogens (tertiary/aromatic N) is 1. The van der Waals surface area contributed by atoms with Crippen molar-refractivity contribution >= 4 is 5.91 Å². The molecule has 1 amide bonds.